The van der Waals surface area contributed by atoms with Gasteiger partial charge in [-0.3, -0.25) is 19.7 Å². The topological polar surface area (TPSA) is 113 Å². The summed E-state index contributed by atoms with van der Waals surface area (Å²) in [6.07, 6.45) is 5.75. The molecule has 1 heterocycles. The number of carbonyl (C=O) groups is 2. The van der Waals surface area contributed by atoms with Gasteiger partial charge in [0.2, 0.25) is 11.8 Å². The second-order valence-electron chi connectivity index (χ2n) is 9.60. The third kappa shape index (κ3) is 4.67. The minimum atomic E-state index is -1.22. The van der Waals surface area contributed by atoms with Crippen molar-refractivity contribution in [1.82, 2.24) is 10.2 Å². The van der Waals surface area contributed by atoms with Gasteiger partial charge in [0.1, 0.15) is 5.41 Å². The molecule has 2 fully saturated rings. The van der Waals surface area contributed by atoms with E-state index in [2.05, 4.69) is 5.32 Å². The molecule has 0 aromatic heterocycles. The number of nitro groups is 1. The number of aliphatic hydroxyl groups excluding tert-OH is 1. The maximum atomic E-state index is 14.0. The Morgan fingerprint density at radius 3 is 2.34 bits per heavy atom. The molecular weight excluding hydrogens is 446 g/mol. The first-order chi connectivity index (χ1) is 16.9. The summed E-state index contributed by atoms with van der Waals surface area (Å²) in [6.45, 7) is 2.35. The average Bonchev–Trinajstić information content (AvgIpc) is 3.21. The second-order valence-corrected chi connectivity index (χ2v) is 9.60. The summed E-state index contributed by atoms with van der Waals surface area (Å²) in [5.74, 6) is -0.311. The van der Waals surface area contributed by atoms with E-state index in [1.54, 1.807) is 12.1 Å². The van der Waals surface area contributed by atoms with Crippen molar-refractivity contribution in [3.63, 3.8) is 0 Å². The van der Waals surface area contributed by atoms with Gasteiger partial charge in [-0.2, -0.15) is 0 Å². The Hall–Kier alpha value is -3.26. The van der Waals surface area contributed by atoms with Crippen molar-refractivity contribution in [1.29, 1.82) is 0 Å². The van der Waals surface area contributed by atoms with Crippen LogP contribution < -0.4 is 5.32 Å². The summed E-state index contributed by atoms with van der Waals surface area (Å²) in [6, 6.07) is 13.0. The fourth-order valence-electron chi connectivity index (χ4n) is 5.70. The molecule has 1 aliphatic carbocycles. The molecule has 8 nitrogen and oxygen atoms in total. The number of hydrogen-bond acceptors (Lipinski definition) is 5. The number of rotatable bonds is 8. The highest BCUT2D eigenvalue weighted by atomic mass is 16.6. The lowest BCUT2D eigenvalue weighted by Gasteiger charge is -2.41. The lowest BCUT2D eigenvalue weighted by molar-refractivity contribution is -0.384. The van der Waals surface area contributed by atoms with Crippen molar-refractivity contribution < 1.29 is 19.6 Å². The number of likely N-dealkylation sites (tertiary alicyclic amines) is 1. The number of nitrogens with zero attached hydrogens (tertiary/aromatic N) is 2. The molecule has 2 aliphatic rings. The first-order valence-electron chi connectivity index (χ1n) is 12.5. The van der Waals surface area contributed by atoms with Gasteiger partial charge < -0.3 is 15.3 Å². The maximum Gasteiger partial charge on any atom is 0.269 e. The van der Waals surface area contributed by atoms with Crippen LogP contribution in [0, 0.1) is 10.1 Å². The van der Waals surface area contributed by atoms with Crippen LogP contribution in [0.5, 0.6) is 0 Å². The Kier molecular flexibility index (Phi) is 7.50. The summed E-state index contributed by atoms with van der Waals surface area (Å²) in [5, 5.41) is 23.9. The van der Waals surface area contributed by atoms with Crippen LogP contribution >= 0.6 is 0 Å². The zero-order valence-corrected chi connectivity index (χ0v) is 20.1. The number of carbonyl (C=O) groups excluding carboxylic acids is 2. The van der Waals surface area contributed by atoms with Crippen LogP contribution in [-0.4, -0.2) is 39.3 Å². The van der Waals surface area contributed by atoms with Crippen molar-refractivity contribution in [2.24, 2.45) is 0 Å². The summed E-state index contributed by atoms with van der Waals surface area (Å²) in [4.78, 5) is 40.4. The number of nitro benzene ring substituents is 1. The van der Waals surface area contributed by atoms with Crippen molar-refractivity contribution in [3.8, 4) is 0 Å². The second kappa shape index (κ2) is 10.6. The van der Waals surface area contributed by atoms with E-state index < -0.39 is 16.4 Å². The molecule has 35 heavy (non-hydrogen) atoms. The molecule has 4 rings (SSSR count). The molecular formula is C27H33N3O5. The molecule has 2 N–H and O–H groups in total. The molecule has 1 saturated carbocycles. The highest BCUT2D eigenvalue weighted by Crippen LogP contribution is 2.52. The minimum Gasteiger partial charge on any atom is -0.392 e. The van der Waals surface area contributed by atoms with E-state index in [-0.39, 0.29) is 36.6 Å². The molecule has 2 amide bonds. The van der Waals surface area contributed by atoms with Gasteiger partial charge >= 0.3 is 0 Å². The van der Waals surface area contributed by atoms with Gasteiger partial charge in [0.05, 0.1) is 17.6 Å². The largest absolute Gasteiger partial charge is 0.392 e. The van der Waals surface area contributed by atoms with Crippen LogP contribution in [0.2, 0.25) is 0 Å². The monoisotopic (exact) mass is 479 g/mol. The number of benzene rings is 2. The SMILES string of the molecule is CCCNC(=O)[C@@]1(c2ccc([N+](=O)[O-])cc2)CC(=O)N(C2CCCCC2)[C@@H]1c1ccc(CO)cc1. The molecule has 186 valence electrons. The number of hydrogen-bond donors (Lipinski definition) is 2. The van der Waals surface area contributed by atoms with Gasteiger partial charge in [-0.1, -0.05) is 62.6 Å². The van der Waals surface area contributed by atoms with Gasteiger partial charge in [-0.05, 0) is 36.0 Å². The molecule has 0 bridgehead atoms. The molecule has 8 heteroatoms. The lowest BCUT2D eigenvalue weighted by Crippen LogP contribution is -2.50. The van der Waals surface area contributed by atoms with Crippen molar-refractivity contribution in [3.05, 3.63) is 75.3 Å². The van der Waals surface area contributed by atoms with Gasteiger partial charge in [-0.15, -0.1) is 0 Å². The summed E-state index contributed by atoms with van der Waals surface area (Å²) < 4.78 is 0. The van der Waals surface area contributed by atoms with Gasteiger partial charge in [0.15, 0.2) is 0 Å². The first-order valence-corrected chi connectivity index (χ1v) is 12.5. The lowest BCUT2D eigenvalue weighted by atomic mass is 9.70. The normalized spacial score (nSPS) is 22.9. The number of nitrogens with one attached hydrogen (secondary N) is 1. The molecule has 0 unspecified atom stereocenters. The minimum absolute atomic E-state index is 0.00325. The van der Waals surface area contributed by atoms with Crippen molar-refractivity contribution in [2.75, 3.05) is 6.54 Å². The van der Waals surface area contributed by atoms with E-state index in [0.29, 0.717) is 12.1 Å². The number of amides is 2. The van der Waals surface area contributed by atoms with Gasteiger partial charge in [-0.25, -0.2) is 0 Å². The predicted octanol–water partition coefficient (Wildman–Crippen LogP) is 4.16. The highest BCUT2D eigenvalue weighted by molar-refractivity contribution is 5.98. The molecule has 0 spiro atoms. The van der Waals surface area contributed by atoms with E-state index in [4.69, 9.17) is 0 Å². The molecule has 2 atom stereocenters. The molecule has 2 aromatic rings. The quantitative estimate of drug-likeness (QED) is 0.436. The Balaban J connectivity index is 1.90. The van der Waals surface area contributed by atoms with E-state index in [1.807, 2.05) is 36.1 Å². The van der Waals surface area contributed by atoms with Crippen LogP contribution in [-0.2, 0) is 21.6 Å². The van der Waals surface area contributed by atoms with E-state index in [9.17, 15) is 24.8 Å². The van der Waals surface area contributed by atoms with Crippen LogP contribution in [0.15, 0.2) is 48.5 Å². The maximum absolute atomic E-state index is 14.0. The fourth-order valence-corrected chi connectivity index (χ4v) is 5.70. The molecule has 1 saturated heterocycles. The molecule has 1 aliphatic heterocycles. The Labute approximate surface area is 205 Å². The smallest absolute Gasteiger partial charge is 0.269 e. The van der Waals surface area contributed by atoms with Crippen molar-refractivity contribution >= 4 is 17.5 Å². The number of aliphatic hydroxyl groups is 1. The van der Waals surface area contributed by atoms with Crippen LogP contribution in [0.25, 0.3) is 0 Å². The van der Waals surface area contributed by atoms with Crippen LogP contribution in [0.1, 0.15) is 74.6 Å². The average molecular weight is 480 g/mol. The highest BCUT2D eigenvalue weighted by Gasteiger charge is 2.59. The first kappa shape index (κ1) is 24.9. The van der Waals surface area contributed by atoms with Gasteiger partial charge in [0.25, 0.3) is 5.69 Å². The van der Waals surface area contributed by atoms with E-state index >= 15 is 0 Å². The predicted molar refractivity (Wildman–Crippen MR) is 132 cm³/mol. The Morgan fingerprint density at radius 1 is 1.11 bits per heavy atom. The summed E-state index contributed by atoms with van der Waals surface area (Å²) in [7, 11) is 0. The van der Waals surface area contributed by atoms with Crippen LogP contribution in [0.4, 0.5) is 5.69 Å². The van der Waals surface area contributed by atoms with Crippen molar-refractivity contribution in [2.45, 2.75) is 76.0 Å². The summed E-state index contributed by atoms with van der Waals surface area (Å²) in [5.41, 5.74) is 0.886. The standard InChI is InChI=1S/C27H33N3O5/c1-2-16-28-26(33)27(21-12-14-23(15-13-21)30(34)35)17-24(32)29(22-6-4-3-5-7-22)25(27)20-10-8-19(18-31)9-11-20/h8-15,22,25,31H,2-7,16-18H2,1H3,(H,28,33)/t25-,27-/m1/s1. The fraction of sp³-hybridized carbons (Fsp3) is 0.481. The Morgan fingerprint density at radius 2 is 1.77 bits per heavy atom. The van der Waals surface area contributed by atoms with E-state index in [0.717, 1.165) is 49.7 Å². The zero-order valence-electron chi connectivity index (χ0n) is 20.1. The molecule has 2 aromatic carbocycles. The summed E-state index contributed by atoms with van der Waals surface area (Å²) >= 11 is 0. The third-order valence-electron chi connectivity index (χ3n) is 7.44. The molecule has 0 radical (unpaired) electrons. The Bertz CT molecular complexity index is 1060. The zero-order chi connectivity index (χ0) is 25.0. The van der Waals surface area contributed by atoms with Crippen LogP contribution in [0.3, 0.4) is 0 Å². The van der Waals surface area contributed by atoms with Gasteiger partial charge in [0, 0.05) is 31.1 Å². The number of non-ortho nitro benzene ring substituents is 1. The van der Waals surface area contributed by atoms with E-state index in [1.165, 1.54) is 12.1 Å². The third-order valence-corrected chi connectivity index (χ3v) is 7.44.